The van der Waals surface area contributed by atoms with Crippen LogP contribution in [0.3, 0.4) is 0 Å². The topological polar surface area (TPSA) is 41.1 Å². The fraction of sp³-hybridized carbons (Fsp3) is 0.462. The summed E-state index contributed by atoms with van der Waals surface area (Å²) >= 11 is 1.78. The van der Waals surface area contributed by atoms with Crippen LogP contribution in [0.5, 0.6) is 0 Å². The minimum Gasteiger partial charge on any atom is -0.348 e. The molecule has 1 aliphatic rings. The molecule has 0 fully saturated rings. The summed E-state index contributed by atoms with van der Waals surface area (Å²) in [5.41, 5.74) is 1.30. The van der Waals surface area contributed by atoms with Gasteiger partial charge in [-0.1, -0.05) is 5.92 Å². The van der Waals surface area contributed by atoms with Gasteiger partial charge < -0.3 is 5.32 Å². The summed E-state index contributed by atoms with van der Waals surface area (Å²) in [5.74, 6) is 2.47. The molecule has 1 heterocycles. The molecule has 3 nitrogen and oxygen atoms in total. The molecule has 0 spiro atoms. The molecule has 0 saturated carbocycles. The van der Waals surface area contributed by atoms with E-state index in [2.05, 4.69) is 28.0 Å². The second-order valence-electron chi connectivity index (χ2n) is 4.12. The predicted octanol–water partition coefficient (Wildman–Crippen LogP) is 1.46. The second-order valence-corrected chi connectivity index (χ2v) is 5.12. The van der Waals surface area contributed by atoms with E-state index in [1.165, 1.54) is 10.4 Å². The maximum atomic E-state index is 11.7. The maximum absolute atomic E-state index is 11.7. The molecule has 0 aromatic carbocycles. The summed E-state index contributed by atoms with van der Waals surface area (Å²) in [5, 5.41) is 8.06. The third-order valence-corrected chi connectivity index (χ3v) is 3.90. The van der Waals surface area contributed by atoms with Crippen molar-refractivity contribution < 1.29 is 4.79 Å². The first kappa shape index (κ1) is 12.2. The van der Waals surface area contributed by atoms with Gasteiger partial charge >= 0.3 is 0 Å². The van der Waals surface area contributed by atoms with Gasteiger partial charge in [-0.2, -0.15) is 0 Å². The molecule has 0 aliphatic heterocycles. The van der Waals surface area contributed by atoms with E-state index in [0.717, 1.165) is 19.3 Å². The highest BCUT2D eigenvalue weighted by atomic mass is 32.1. The van der Waals surface area contributed by atoms with E-state index in [0.29, 0.717) is 13.1 Å². The quantitative estimate of drug-likeness (QED) is 0.626. The number of thiophene rings is 1. The van der Waals surface area contributed by atoms with Gasteiger partial charge in [-0.15, -0.1) is 17.8 Å². The van der Waals surface area contributed by atoms with Gasteiger partial charge in [0.05, 0.1) is 19.1 Å². The van der Waals surface area contributed by atoms with Crippen molar-refractivity contribution in [3.05, 3.63) is 21.9 Å². The van der Waals surface area contributed by atoms with Gasteiger partial charge in [0.25, 0.3) is 0 Å². The number of hydrogen-bond acceptors (Lipinski definition) is 3. The van der Waals surface area contributed by atoms with Crippen molar-refractivity contribution in [3.63, 3.8) is 0 Å². The molecule has 1 aromatic rings. The smallest absolute Gasteiger partial charge is 0.234 e. The first-order chi connectivity index (χ1) is 8.31. The molecule has 1 atom stereocenters. The first-order valence-corrected chi connectivity index (χ1v) is 6.69. The Labute approximate surface area is 106 Å². The van der Waals surface area contributed by atoms with Crippen LogP contribution in [0.25, 0.3) is 0 Å². The number of aryl methyl sites for hydroxylation is 1. The lowest BCUT2D eigenvalue weighted by molar-refractivity contribution is -0.121. The Kier molecular flexibility index (Phi) is 4.18. The highest BCUT2D eigenvalue weighted by Gasteiger charge is 2.22. The minimum atomic E-state index is 0.0179. The molecule has 0 saturated heterocycles. The van der Waals surface area contributed by atoms with Crippen LogP contribution >= 0.6 is 11.3 Å². The highest BCUT2D eigenvalue weighted by Crippen LogP contribution is 2.32. The average molecular weight is 248 g/mol. The van der Waals surface area contributed by atoms with Crippen LogP contribution in [0, 0.1) is 12.3 Å². The van der Waals surface area contributed by atoms with Crippen molar-refractivity contribution in [1.82, 2.24) is 10.6 Å². The van der Waals surface area contributed by atoms with Crippen molar-refractivity contribution in [2.45, 2.75) is 25.3 Å². The Balaban J connectivity index is 1.89. The molecule has 0 bridgehead atoms. The molecule has 1 unspecified atom stereocenters. The van der Waals surface area contributed by atoms with Gasteiger partial charge in [0.15, 0.2) is 0 Å². The van der Waals surface area contributed by atoms with Crippen LogP contribution in [-0.2, 0) is 11.2 Å². The lowest BCUT2D eigenvalue weighted by Gasteiger charge is -2.23. The molecule has 90 valence electrons. The van der Waals surface area contributed by atoms with E-state index in [4.69, 9.17) is 6.42 Å². The van der Waals surface area contributed by atoms with Crippen molar-refractivity contribution >= 4 is 17.2 Å². The van der Waals surface area contributed by atoms with Gasteiger partial charge in [-0.05, 0) is 36.3 Å². The molecule has 1 amide bonds. The van der Waals surface area contributed by atoms with Gasteiger partial charge in [0.2, 0.25) is 5.91 Å². The third kappa shape index (κ3) is 3.09. The Morgan fingerprint density at radius 2 is 2.53 bits per heavy atom. The molecule has 1 aromatic heterocycles. The second kappa shape index (κ2) is 5.85. The summed E-state index contributed by atoms with van der Waals surface area (Å²) in [6.07, 6.45) is 8.43. The Morgan fingerprint density at radius 3 is 3.35 bits per heavy atom. The van der Waals surface area contributed by atoms with Crippen LogP contribution in [0.4, 0.5) is 0 Å². The molecule has 1 aliphatic carbocycles. The number of rotatable bonds is 4. The van der Waals surface area contributed by atoms with Gasteiger partial charge in [-0.25, -0.2) is 0 Å². The Bertz CT molecular complexity index is 433. The predicted molar refractivity (Wildman–Crippen MR) is 69.8 cm³/mol. The summed E-state index contributed by atoms with van der Waals surface area (Å²) in [6, 6.07) is 2.31. The lowest BCUT2D eigenvalue weighted by Crippen LogP contribution is -2.37. The van der Waals surface area contributed by atoms with Crippen molar-refractivity contribution in [2.24, 2.45) is 0 Å². The number of terminal acetylenes is 1. The largest absolute Gasteiger partial charge is 0.348 e. The molecule has 0 radical (unpaired) electrons. The van der Waals surface area contributed by atoms with Crippen LogP contribution < -0.4 is 10.6 Å². The van der Waals surface area contributed by atoms with Crippen LogP contribution in [-0.4, -0.2) is 19.0 Å². The average Bonchev–Trinajstić information content (AvgIpc) is 2.78. The first-order valence-electron chi connectivity index (χ1n) is 5.81. The molecular formula is C13H16N2OS. The number of fused-ring (bicyclic) bond motifs is 1. The molecule has 2 rings (SSSR count). The number of amides is 1. The number of hydrogen-bond donors (Lipinski definition) is 2. The van der Waals surface area contributed by atoms with Gasteiger partial charge in [0, 0.05) is 4.88 Å². The minimum absolute atomic E-state index is 0.0179. The Hall–Kier alpha value is -1.31. The third-order valence-electron chi connectivity index (χ3n) is 2.90. The fourth-order valence-corrected chi connectivity index (χ4v) is 3.12. The number of carbonyl (C=O) groups is 1. The van der Waals surface area contributed by atoms with Crippen LogP contribution in [0.2, 0.25) is 0 Å². The van der Waals surface area contributed by atoms with Crippen molar-refractivity contribution in [3.8, 4) is 12.3 Å². The standard InChI is InChI=1S/C13H16N2OS/c1-2-7-14-9-13(16)15-11-4-3-5-12-10(11)6-8-17-12/h1,6,8,11,14H,3-5,7,9H2,(H,15,16). The van der Waals surface area contributed by atoms with E-state index in [1.807, 2.05) is 0 Å². The molecule has 17 heavy (non-hydrogen) atoms. The SMILES string of the molecule is C#CCNCC(=O)NC1CCCc2sccc21. The molecular weight excluding hydrogens is 232 g/mol. The van der Waals surface area contributed by atoms with Crippen molar-refractivity contribution in [2.75, 3.05) is 13.1 Å². The molecule has 2 N–H and O–H groups in total. The van der Waals surface area contributed by atoms with E-state index >= 15 is 0 Å². The molecule has 4 heteroatoms. The fourth-order valence-electron chi connectivity index (χ4n) is 2.13. The number of nitrogens with one attached hydrogen (secondary N) is 2. The lowest BCUT2D eigenvalue weighted by atomic mass is 9.94. The van der Waals surface area contributed by atoms with E-state index in [9.17, 15) is 4.79 Å². The van der Waals surface area contributed by atoms with E-state index in [-0.39, 0.29) is 11.9 Å². The van der Waals surface area contributed by atoms with Crippen LogP contribution in [0.15, 0.2) is 11.4 Å². The zero-order valence-electron chi connectivity index (χ0n) is 9.66. The normalized spacial score (nSPS) is 18.2. The highest BCUT2D eigenvalue weighted by molar-refractivity contribution is 7.10. The Morgan fingerprint density at radius 1 is 1.65 bits per heavy atom. The maximum Gasteiger partial charge on any atom is 0.234 e. The van der Waals surface area contributed by atoms with Crippen molar-refractivity contribution in [1.29, 1.82) is 0 Å². The summed E-state index contributed by atoms with van der Waals surface area (Å²) in [6.45, 7) is 0.724. The monoisotopic (exact) mass is 248 g/mol. The van der Waals surface area contributed by atoms with E-state index < -0.39 is 0 Å². The summed E-state index contributed by atoms with van der Waals surface area (Å²) in [7, 11) is 0. The summed E-state index contributed by atoms with van der Waals surface area (Å²) in [4.78, 5) is 13.1. The zero-order valence-corrected chi connectivity index (χ0v) is 10.5. The van der Waals surface area contributed by atoms with E-state index in [1.54, 1.807) is 11.3 Å². The van der Waals surface area contributed by atoms with Gasteiger partial charge in [0.1, 0.15) is 0 Å². The van der Waals surface area contributed by atoms with Gasteiger partial charge in [-0.3, -0.25) is 10.1 Å². The summed E-state index contributed by atoms with van der Waals surface area (Å²) < 4.78 is 0. The zero-order chi connectivity index (χ0) is 12.1. The van der Waals surface area contributed by atoms with Crippen LogP contribution in [0.1, 0.15) is 29.3 Å². The number of carbonyl (C=O) groups excluding carboxylic acids is 1.